The van der Waals surface area contributed by atoms with Gasteiger partial charge in [0.2, 0.25) is 5.91 Å². The summed E-state index contributed by atoms with van der Waals surface area (Å²) < 4.78 is 4.65. The average Bonchev–Trinajstić information content (AvgIpc) is 3.14. The lowest BCUT2D eigenvalue weighted by Crippen LogP contribution is -2.33. The molecule has 0 radical (unpaired) electrons. The lowest BCUT2D eigenvalue weighted by atomic mass is 9.95. The van der Waals surface area contributed by atoms with Crippen LogP contribution in [-0.2, 0) is 20.7 Å². The number of amides is 1. The van der Waals surface area contributed by atoms with E-state index < -0.39 is 6.10 Å². The maximum Gasteiger partial charge on any atom is 0.305 e. The van der Waals surface area contributed by atoms with Crippen LogP contribution in [0.3, 0.4) is 0 Å². The number of aryl methyl sites for hydroxylation is 1. The Labute approximate surface area is 187 Å². The first-order valence-electron chi connectivity index (χ1n) is 11.8. The summed E-state index contributed by atoms with van der Waals surface area (Å²) in [7, 11) is 1.41. The van der Waals surface area contributed by atoms with Crippen molar-refractivity contribution in [1.29, 1.82) is 0 Å². The molecule has 0 bridgehead atoms. The lowest BCUT2D eigenvalue weighted by molar-refractivity contribution is -0.140. The minimum absolute atomic E-state index is 0.0914. The Morgan fingerprint density at radius 1 is 1.19 bits per heavy atom. The lowest BCUT2D eigenvalue weighted by Gasteiger charge is -2.23. The van der Waals surface area contributed by atoms with E-state index in [4.69, 9.17) is 0 Å². The molecule has 1 amide bonds. The Hall–Kier alpha value is -2.14. The summed E-state index contributed by atoms with van der Waals surface area (Å²) in [6.45, 7) is 2.83. The molecule has 31 heavy (non-hydrogen) atoms. The van der Waals surface area contributed by atoms with Gasteiger partial charge in [-0.15, -0.1) is 0 Å². The van der Waals surface area contributed by atoms with E-state index in [1.807, 2.05) is 23.1 Å². The van der Waals surface area contributed by atoms with Crippen molar-refractivity contribution in [3.63, 3.8) is 0 Å². The molecule has 0 saturated carbocycles. The number of ether oxygens (including phenoxy) is 1. The maximum absolute atomic E-state index is 12.3. The molecular formula is C26H39NO4. The molecule has 1 aromatic rings. The van der Waals surface area contributed by atoms with Gasteiger partial charge in [-0.1, -0.05) is 62.2 Å². The number of carbonyl (C=O) groups is 2. The third-order valence-corrected chi connectivity index (χ3v) is 6.21. The number of rotatable bonds is 14. The van der Waals surface area contributed by atoms with Crippen molar-refractivity contribution in [2.75, 3.05) is 13.7 Å². The van der Waals surface area contributed by atoms with Crippen molar-refractivity contribution in [2.45, 2.75) is 83.3 Å². The van der Waals surface area contributed by atoms with Gasteiger partial charge in [0.05, 0.1) is 19.3 Å². The molecule has 3 unspecified atom stereocenters. The summed E-state index contributed by atoms with van der Waals surface area (Å²) in [5, 5.41) is 10.5. The van der Waals surface area contributed by atoms with Crippen molar-refractivity contribution in [3.05, 3.63) is 48.0 Å². The third-order valence-electron chi connectivity index (χ3n) is 6.21. The van der Waals surface area contributed by atoms with E-state index in [1.54, 1.807) is 0 Å². The van der Waals surface area contributed by atoms with E-state index in [1.165, 1.54) is 12.7 Å². The molecule has 172 valence electrons. The van der Waals surface area contributed by atoms with Gasteiger partial charge in [-0.2, -0.15) is 0 Å². The van der Waals surface area contributed by atoms with Gasteiger partial charge in [0.25, 0.3) is 0 Å². The van der Waals surface area contributed by atoms with Gasteiger partial charge < -0.3 is 14.7 Å². The van der Waals surface area contributed by atoms with Gasteiger partial charge in [0.1, 0.15) is 0 Å². The first-order valence-corrected chi connectivity index (χ1v) is 11.8. The fraction of sp³-hybridized carbons (Fsp3) is 0.615. The molecule has 1 aromatic carbocycles. The minimum atomic E-state index is -0.480. The van der Waals surface area contributed by atoms with Crippen LogP contribution >= 0.6 is 0 Å². The first-order chi connectivity index (χ1) is 15.0. The second kappa shape index (κ2) is 14.0. The van der Waals surface area contributed by atoms with E-state index in [-0.39, 0.29) is 23.8 Å². The summed E-state index contributed by atoms with van der Waals surface area (Å²) in [6.07, 6.45) is 12.1. The number of aliphatic hydroxyl groups excluding tert-OH is 1. The molecule has 5 nitrogen and oxygen atoms in total. The largest absolute Gasteiger partial charge is 0.469 e. The van der Waals surface area contributed by atoms with Crippen molar-refractivity contribution < 1.29 is 19.4 Å². The summed E-state index contributed by atoms with van der Waals surface area (Å²) >= 11 is 0. The zero-order valence-corrected chi connectivity index (χ0v) is 19.2. The van der Waals surface area contributed by atoms with E-state index in [9.17, 15) is 14.7 Å². The predicted molar refractivity (Wildman–Crippen MR) is 124 cm³/mol. The average molecular weight is 430 g/mol. The highest BCUT2D eigenvalue weighted by molar-refractivity contribution is 5.79. The number of esters is 1. The Balaban J connectivity index is 1.68. The number of likely N-dealkylation sites (tertiary alicyclic amines) is 1. The molecule has 0 aromatic heterocycles. The molecule has 1 heterocycles. The van der Waals surface area contributed by atoms with Gasteiger partial charge in [0.15, 0.2) is 0 Å². The van der Waals surface area contributed by atoms with Crippen molar-refractivity contribution >= 4 is 11.9 Å². The standard InChI is InChI=1S/C26H39NO4/c1-21(11-10-14-22-12-6-5-7-13-22)24(28)18-16-23-17-19-25(29)27(23)20-9-4-3-8-15-26(30)31-2/h5-7,12-13,16,18,21,23-24,28H,3-4,8-11,14-15,17,19-20H2,1-2H3. The van der Waals surface area contributed by atoms with Gasteiger partial charge in [0, 0.05) is 19.4 Å². The fourth-order valence-corrected chi connectivity index (χ4v) is 4.13. The normalized spacial score (nSPS) is 18.5. The number of methoxy groups -OCH3 is 1. The van der Waals surface area contributed by atoms with Crippen LogP contribution in [0.4, 0.5) is 0 Å². The smallest absolute Gasteiger partial charge is 0.305 e. The molecule has 5 heteroatoms. The number of benzene rings is 1. The van der Waals surface area contributed by atoms with Crippen LogP contribution in [0, 0.1) is 5.92 Å². The number of aliphatic hydroxyl groups is 1. The van der Waals surface area contributed by atoms with E-state index in [0.29, 0.717) is 12.8 Å². The topological polar surface area (TPSA) is 66.8 Å². The molecule has 3 atom stereocenters. The number of unbranched alkanes of at least 4 members (excludes halogenated alkanes) is 3. The van der Waals surface area contributed by atoms with Gasteiger partial charge >= 0.3 is 5.97 Å². The van der Waals surface area contributed by atoms with Crippen molar-refractivity contribution in [3.8, 4) is 0 Å². The Morgan fingerprint density at radius 3 is 2.68 bits per heavy atom. The van der Waals surface area contributed by atoms with Gasteiger partial charge in [-0.05, 0) is 50.0 Å². The highest BCUT2D eigenvalue weighted by Gasteiger charge is 2.28. The van der Waals surface area contributed by atoms with Crippen molar-refractivity contribution in [1.82, 2.24) is 4.90 Å². The Kier molecular flexibility index (Phi) is 11.4. The molecular weight excluding hydrogens is 390 g/mol. The second-order valence-electron chi connectivity index (χ2n) is 8.66. The van der Waals surface area contributed by atoms with Gasteiger partial charge in [-0.3, -0.25) is 9.59 Å². The van der Waals surface area contributed by atoms with Crippen LogP contribution < -0.4 is 0 Å². The summed E-state index contributed by atoms with van der Waals surface area (Å²) in [5.41, 5.74) is 1.34. The van der Waals surface area contributed by atoms with Crippen LogP contribution in [0.15, 0.2) is 42.5 Å². The van der Waals surface area contributed by atoms with Crippen LogP contribution in [-0.4, -0.2) is 47.7 Å². The first kappa shape index (κ1) is 25.1. The molecule has 1 aliphatic heterocycles. The second-order valence-corrected chi connectivity index (χ2v) is 8.66. The Bertz CT molecular complexity index is 688. The minimum Gasteiger partial charge on any atom is -0.469 e. The van der Waals surface area contributed by atoms with E-state index in [0.717, 1.165) is 57.9 Å². The SMILES string of the molecule is COC(=O)CCCCCCN1C(=O)CCC1C=CC(O)C(C)CCCc1ccccc1. The summed E-state index contributed by atoms with van der Waals surface area (Å²) in [5.74, 6) is 0.239. The molecule has 0 spiro atoms. The predicted octanol–water partition coefficient (Wildman–Crippen LogP) is 4.68. The molecule has 1 fully saturated rings. The van der Waals surface area contributed by atoms with Crippen molar-refractivity contribution in [2.24, 2.45) is 5.92 Å². The number of nitrogens with zero attached hydrogens (tertiary/aromatic N) is 1. The maximum atomic E-state index is 12.3. The van der Waals surface area contributed by atoms with E-state index in [2.05, 4.69) is 35.9 Å². The fourth-order valence-electron chi connectivity index (χ4n) is 4.13. The van der Waals surface area contributed by atoms with Crippen LogP contribution in [0.1, 0.15) is 70.3 Å². The molecule has 0 aliphatic carbocycles. The summed E-state index contributed by atoms with van der Waals surface area (Å²) in [6, 6.07) is 10.5. The molecule has 1 aliphatic rings. The molecule has 1 N–H and O–H groups in total. The zero-order chi connectivity index (χ0) is 22.5. The van der Waals surface area contributed by atoms with Gasteiger partial charge in [-0.25, -0.2) is 0 Å². The Morgan fingerprint density at radius 2 is 1.94 bits per heavy atom. The molecule has 1 saturated heterocycles. The monoisotopic (exact) mass is 429 g/mol. The van der Waals surface area contributed by atoms with E-state index >= 15 is 0 Å². The number of hydrogen-bond donors (Lipinski definition) is 1. The quantitative estimate of drug-likeness (QED) is 0.265. The van der Waals surface area contributed by atoms with Crippen LogP contribution in [0.25, 0.3) is 0 Å². The highest BCUT2D eigenvalue weighted by atomic mass is 16.5. The zero-order valence-electron chi connectivity index (χ0n) is 19.2. The number of hydrogen-bond acceptors (Lipinski definition) is 4. The molecule has 2 rings (SSSR count). The third kappa shape index (κ3) is 9.26. The summed E-state index contributed by atoms with van der Waals surface area (Å²) in [4.78, 5) is 25.3. The van der Waals surface area contributed by atoms with Crippen LogP contribution in [0.5, 0.6) is 0 Å². The van der Waals surface area contributed by atoms with Crippen LogP contribution in [0.2, 0.25) is 0 Å². The number of carbonyl (C=O) groups excluding carboxylic acids is 2. The highest BCUT2D eigenvalue weighted by Crippen LogP contribution is 2.22.